The van der Waals surface area contributed by atoms with Gasteiger partial charge in [0.25, 0.3) is 0 Å². The highest BCUT2D eigenvalue weighted by molar-refractivity contribution is 5.61. The predicted octanol–water partition coefficient (Wildman–Crippen LogP) is 2.21. The van der Waals surface area contributed by atoms with Gasteiger partial charge in [0.15, 0.2) is 0 Å². The lowest BCUT2D eigenvalue weighted by molar-refractivity contribution is -0.384. The van der Waals surface area contributed by atoms with Crippen LogP contribution in [0.15, 0.2) is 30.3 Å². The Morgan fingerprint density at radius 2 is 2.09 bits per heavy atom. The van der Waals surface area contributed by atoms with Gasteiger partial charge in [-0.05, 0) is 12.5 Å². The molecule has 1 aliphatic heterocycles. The van der Waals surface area contributed by atoms with Crippen molar-refractivity contribution in [1.82, 2.24) is 9.78 Å². The molecule has 0 N–H and O–H groups in total. The first-order valence-electron chi connectivity index (χ1n) is 7.17. The smallest absolute Gasteiger partial charge is 0.333 e. The van der Waals surface area contributed by atoms with Gasteiger partial charge in [0.2, 0.25) is 5.82 Å². The van der Waals surface area contributed by atoms with E-state index in [9.17, 15) is 10.1 Å². The van der Waals surface area contributed by atoms with Crippen molar-refractivity contribution in [2.45, 2.75) is 13.0 Å². The van der Waals surface area contributed by atoms with Crippen LogP contribution in [0.25, 0.3) is 0 Å². The summed E-state index contributed by atoms with van der Waals surface area (Å²) in [6.45, 7) is 3.38. The molecule has 0 amide bonds. The fourth-order valence-corrected chi connectivity index (χ4v) is 2.91. The summed E-state index contributed by atoms with van der Waals surface area (Å²) in [6.07, 6.45) is -0.0928. The summed E-state index contributed by atoms with van der Waals surface area (Å²) in [6, 6.07) is 9.91. The largest absolute Gasteiger partial charge is 0.370 e. The standard InChI is InChI=1S/C15H18N4O3/c1-11-14(19(20)21)15(17(2)16-11)18-8-9-22-13(10-18)12-6-4-3-5-7-12/h3-7,13H,8-10H2,1-2H3. The number of anilines is 1. The van der Waals surface area contributed by atoms with Gasteiger partial charge in [-0.15, -0.1) is 0 Å². The minimum atomic E-state index is -0.356. The van der Waals surface area contributed by atoms with Crippen LogP contribution in [-0.2, 0) is 11.8 Å². The van der Waals surface area contributed by atoms with Crippen molar-refractivity contribution in [3.63, 3.8) is 0 Å². The lowest BCUT2D eigenvalue weighted by Crippen LogP contribution is -2.39. The number of hydrogen-bond donors (Lipinski definition) is 0. The van der Waals surface area contributed by atoms with Gasteiger partial charge in [-0.1, -0.05) is 30.3 Å². The summed E-state index contributed by atoms with van der Waals surface area (Å²) in [5.41, 5.74) is 1.59. The van der Waals surface area contributed by atoms with Crippen LogP contribution in [0.1, 0.15) is 17.4 Å². The molecule has 1 aliphatic rings. The molecule has 0 bridgehead atoms. The number of rotatable bonds is 3. The van der Waals surface area contributed by atoms with Gasteiger partial charge >= 0.3 is 5.69 Å². The van der Waals surface area contributed by atoms with Crippen LogP contribution in [0.5, 0.6) is 0 Å². The van der Waals surface area contributed by atoms with Crippen LogP contribution in [0.3, 0.4) is 0 Å². The third-order valence-corrected chi connectivity index (χ3v) is 3.88. The molecule has 116 valence electrons. The van der Waals surface area contributed by atoms with Crippen LogP contribution in [-0.4, -0.2) is 34.4 Å². The van der Waals surface area contributed by atoms with E-state index >= 15 is 0 Å². The number of aryl methyl sites for hydroxylation is 2. The monoisotopic (exact) mass is 302 g/mol. The Labute approximate surface area is 128 Å². The molecule has 2 heterocycles. The van der Waals surface area contributed by atoms with E-state index in [1.807, 2.05) is 35.2 Å². The second kappa shape index (κ2) is 5.76. The van der Waals surface area contributed by atoms with Crippen molar-refractivity contribution < 1.29 is 9.66 Å². The highest BCUT2D eigenvalue weighted by Crippen LogP contribution is 2.34. The SMILES string of the molecule is Cc1nn(C)c(N2CCOC(c3ccccc3)C2)c1[N+](=O)[O-]. The molecule has 3 rings (SSSR count). The molecule has 1 atom stereocenters. The Kier molecular flexibility index (Phi) is 3.81. The fraction of sp³-hybridized carbons (Fsp3) is 0.400. The number of nitro groups is 1. The van der Waals surface area contributed by atoms with Crippen molar-refractivity contribution in [2.24, 2.45) is 7.05 Å². The van der Waals surface area contributed by atoms with E-state index in [-0.39, 0.29) is 16.7 Å². The molecular formula is C15H18N4O3. The molecule has 22 heavy (non-hydrogen) atoms. The first kappa shape index (κ1) is 14.5. The van der Waals surface area contributed by atoms with Crippen LogP contribution in [0, 0.1) is 17.0 Å². The minimum absolute atomic E-state index is 0.0798. The Morgan fingerprint density at radius 1 is 1.36 bits per heavy atom. The van der Waals surface area contributed by atoms with E-state index < -0.39 is 0 Å². The van der Waals surface area contributed by atoms with E-state index in [4.69, 9.17) is 4.74 Å². The first-order valence-corrected chi connectivity index (χ1v) is 7.17. The quantitative estimate of drug-likeness (QED) is 0.642. The zero-order valence-corrected chi connectivity index (χ0v) is 12.6. The average molecular weight is 302 g/mol. The van der Waals surface area contributed by atoms with E-state index in [0.29, 0.717) is 31.2 Å². The summed E-state index contributed by atoms with van der Waals surface area (Å²) in [7, 11) is 1.74. The van der Waals surface area contributed by atoms with E-state index in [1.54, 1.807) is 18.7 Å². The number of morpholine rings is 1. The zero-order chi connectivity index (χ0) is 15.7. The number of nitrogens with zero attached hydrogens (tertiary/aromatic N) is 4. The van der Waals surface area contributed by atoms with E-state index in [1.165, 1.54) is 0 Å². The van der Waals surface area contributed by atoms with Gasteiger partial charge in [-0.2, -0.15) is 5.10 Å². The molecule has 0 radical (unpaired) electrons. The number of hydrogen-bond acceptors (Lipinski definition) is 5. The Hall–Kier alpha value is -2.41. The number of ether oxygens (including phenoxy) is 1. The van der Waals surface area contributed by atoms with Crippen LogP contribution in [0.4, 0.5) is 11.5 Å². The zero-order valence-electron chi connectivity index (χ0n) is 12.6. The van der Waals surface area contributed by atoms with Crippen molar-refractivity contribution in [3.05, 3.63) is 51.7 Å². The molecule has 7 nitrogen and oxygen atoms in total. The Balaban J connectivity index is 1.91. The van der Waals surface area contributed by atoms with Gasteiger partial charge < -0.3 is 9.64 Å². The fourth-order valence-electron chi connectivity index (χ4n) is 2.91. The van der Waals surface area contributed by atoms with Crippen molar-refractivity contribution in [2.75, 3.05) is 24.6 Å². The molecule has 0 saturated carbocycles. The third-order valence-electron chi connectivity index (χ3n) is 3.88. The third kappa shape index (κ3) is 2.55. The van der Waals surface area contributed by atoms with Crippen LogP contribution < -0.4 is 4.90 Å². The minimum Gasteiger partial charge on any atom is -0.370 e. The highest BCUT2D eigenvalue weighted by Gasteiger charge is 2.32. The van der Waals surface area contributed by atoms with Crippen molar-refractivity contribution in [3.8, 4) is 0 Å². The highest BCUT2D eigenvalue weighted by atomic mass is 16.6. The lowest BCUT2D eigenvalue weighted by atomic mass is 10.1. The molecule has 1 aromatic carbocycles. The maximum absolute atomic E-state index is 11.3. The maximum atomic E-state index is 11.3. The summed E-state index contributed by atoms with van der Waals surface area (Å²) < 4.78 is 7.41. The number of aromatic nitrogens is 2. The molecule has 1 saturated heterocycles. The second-order valence-corrected chi connectivity index (χ2v) is 5.35. The van der Waals surface area contributed by atoms with Gasteiger partial charge in [0.05, 0.1) is 18.1 Å². The summed E-state index contributed by atoms with van der Waals surface area (Å²) in [5, 5.41) is 15.5. The second-order valence-electron chi connectivity index (χ2n) is 5.35. The first-order chi connectivity index (χ1) is 10.6. The average Bonchev–Trinajstić information content (AvgIpc) is 2.83. The van der Waals surface area contributed by atoms with Gasteiger partial charge in [0.1, 0.15) is 11.8 Å². The van der Waals surface area contributed by atoms with E-state index in [2.05, 4.69) is 5.10 Å². The number of benzene rings is 1. The lowest BCUT2D eigenvalue weighted by Gasteiger charge is -2.33. The van der Waals surface area contributed by atoms with Gasteiger partial charge in [-0.25, -0.2) is 4.68 Å². The van der Waals surface area contributed by atoms with Crippen LogP contribution in [0.2, 0.25) is 0 Å². The summed E-state index contributed by atoms with van der Waals surface area (Å²) in [5.74, 6) is 0.548. The topological polar surface area (TPSA) is 73.4 Å². The van der Waals surface area contributed by atoms with Crippen molar-refractivity contribution in [1.29, 1.82) is 0 Å². The van der Waals surface area contributed by atoms with E-state index in [0.717, 1.165) is 5.56 Å². The molecule has 7 heteroatoms. The molecule has 1 fully saturated rings. The van der Waals surface area contributed by atoms with Gasteiger partial charge in [-0.3, -0.25) is 10.1 Å². The predicted molar refractivity (Wildman–Crippen MR) is 81.9 cm³/mol. The summed E-state index contributed by atoms with van der Waals surface area (Å²) >= 11 is 0. The molecule has 0 spiro atoms. The molecule has 1 unspecified atom stereocenters. The maximum Gasteiger partial charge on any atom is 0.333 e. The van der Waals surface area contributed by atoms with Crippen molar-refractivity contribution >= 4 is 11.5 Å². The summed E-state index contributed by atoms with van der Waals surface area (Å²) in [4.78, 5) is 13.0. The van der Waals surface area contributed by atoms with Gasteiger partial charge in [0, 0.05) is 13.6 Å². The van der Waals surface area contributed by atoms with Crippen LogP contribution >= 0.6 is 0 Å². The molecule has 0 aliphatic carbocycles. The Morgan fingerprint density at radius 3 is 2.77 bits per heavy atom. The molecule has 1 aromatic heterocycles. The molecular weight excluding hydrogens is 284 g/mol. The molecule has 2 aromatic rings. The normalized spacial score (nSPS) is 18.5. The Bertz CT molecular complexity index is 684.